The zero-order valence-corrected chi connectivity index (χ0v) is 9.85. The molecule has 0 radical (unpaired) electrons. The van der Waals surface area contributed by atoms with Crippen molar-refractivity contribution in [3.05, 3.63) is 23.8 Å². The van der Waals surface area contributed by atoms with Crippen LogP contribution in [0.5, 0.6) is 0 Å². The summed E-state index contributed by atoms with van der Waals surface area (Å²) in [7, 11) is 0. The Morgan fingerprint density at radius 1 is 1.53 bits per heavy atom. The average molecular weight is 235 g/mol. The minimum absolute atomic E-state index is 0.336. The van der Waals surface area contributed by atoms with E-state index in [9.17, 15) is 4.79 Å². The minimum Gasteiger partial charge on any atom is -0.398 e. The van der Waals surface area contributed by atoms with Gasteiger partial charge >= 0.3 is 0 Å². The second-order valence-corrected chi connectivity index (χ2v) is 4.23. The van der Waals surface area contributed by atoms with Gasteiger partial charge in [-0.1, -0.05) is 6.07 Å². The Morgan fingerprint density at radius 3 is 2.94 bits per heavy atom. The van der Waals surface area contributed by atoms with Crippen LogP contribution in [0.15, 0.2) is 18.2 Å². The Labute approximate surface area is 100 Å². The summed E-state index contributed by atoms with van der Waals surface area (Å²) in [6.45, 7) is 3.53. The number of benzene rings is 1. The molecule has 0 bridgehead atoms. The number of carbonyl (C=O) groups excluding carboxylic acids is 1. The second-order valence-electron chi connectivity index (χ2n) is 4.23. The zero-order chi connectivity index (χ0) is 12.4. The summed E-state index contributed by atoms with van der Waals surface area (Å²) in [5.41, 5.74) is 13.9. The number of anilines is 2. The van der Waals surface area contributed by atoms with E-state index < -0.39 is 6.04 Å². The molecule has 2 rings (SSSR count). The molecule has 5 nitrogen and oxygen atoms in total. The predicted octanol–water partition coefficient (Wildman–Crippen LogP) is 0.268. The number of rotatable bonds is 2. The molecule has 0 saturated carbocycles. The van der Waals surface area contributed by atoms with Crippen molar-refractivity contribution in [3.63, 3.8) is 0 Å². The van der Waals surface area contributed by atoms with Crippen LogP contribution >= 0.6 is 0 Å². The van der Waals surface area contributed by atoms with Crippen LogP contribution in [0.2, 0.25) is 0 Å². The van der Waals surface area contributed by atoms with Crippen molar-refractivity contribution < 1.29 is 9.53 Å². The summed E-state index contributed by atoms with van der Waals surface area (Å²) in [4.78, 5) is 13.3. The number of nitrogens with two attached hydrogens (primary N) is 2. The molecule has 1 fully saturated rings. The topological polar surface area (TPSA) is 81.6 Å². The molecule has 0 spiro atoms. The Balaban J connectivity index is 2.29. The standard InChI is InChI=1S/C12H17N3O2/c1-8-2-3-9(6-10(8)13)15-4-5-17-7-11(15)12(14)16/h2-3,6,11H,4-5,7,13H2,1H3,(H2,14,16). The smallest absolute Gasteiger partial charge is 0.242 e. The average Bonchev–Trinajstić information content (AvgIpc) is 2.32. The van der Waals surface area contributed by atoms with E-state index in [0.29, 0.717) is 19.8 Å². The summed E-state index contributed by atoms with van der Waals surface area (Å²) in [5, 5.41) is 0. The molecular weight excluding hydrogens is 218 g/mol. The first kappa shape index (κ1) is 11.7. The fraction of sp³-hybridized carbons (Fsp3) is 0.417. The lowest BCUT2D eigenvalue weighted by atomic mass is 10.1. The molecular formula is C12H17N3O2. The van der Waals surface area contributed by atoms with Crippen LogP contribution in [0, 0.1) is 6.92 Å². The molecule has 1 atom stereocenters. The number of morpholine rings is 1. The van der Waals surface area contributed by atoms with E-state index in [-0.39, 0.29) is 5.91 Å². The highest BCUT2D eigenvalue weighted by atomic mass is 16.5. The maximum Gasteiger partial charge on any atom is 0.242 e. The third kappa shape index (κ3) is 2.34. The molecule has 17 heavy (non-hydrogen) atoms. The molecule has 1 unspecified atom stereocenters. The van der Waals surface area contributed by atoms with Crippen LogP contribution < -0.4 is 16.4 Å². The predicted molar refractivity (Wildman–Crippen MR) is 66.7 cm³/mol. The monoisotopic (exact) mass is 235 g/mol. The molecule has 0 aliphatic carbocycles. The maximum atomic E-state index is 11.4. The molecule has 1 amide bonds. The SMILES string of the molecule is Cc1ccc(N2CCOCC2C(N)=O)cc1N. The van der Waals surface area contributed by atoms with Gasteiger partial charge in [-0.05, 0) is 24.6 Å². The Bertz CT molecular complexity index is 434. The first-order chi connectivity index (χ1) is 8.09. The highest BCUT2D eigenvalue weighted by Gasteiger charge is 2.27. The Hall–Kier alpha value is -1.75. The first-order valence-corrected chi connectivity index (χ1v) is 5.59. The number of amides is 1. The van der Waals surface area contributed by atoms with Crippen molar-refractivity contribution in [2.24, 2.45) is 5.73 Å². The van der Waals surface area contributed by atoms with E-state index in [4.69, 9.17) is 16.2 Å². The molecule has 1 saturated heterocycles. The van der Waals surface area contributed by atoms with Gasteiger partial charge in [-0.25, -0.2) is 0 Å². The lowest BCUT2D eigenvalue weighted by molar-refractivity contribution is -0.121. The van der Waals surface area contributed by atoms with Gasteiger partial charge in [0.1, 0.15) is 6.04 Å². The summed E-state index contributed by atoms with van der Waals surface area (Å²) in [6, 6.07) is 5.35. The third-order valence-corrected chi connectivity index (χ3v) is 3.05. The summed E-state index contributed by atoms with van der Waals surface area (Å²) < 4.78 is 5.28. The number of aryl methyl sites for hydroxylation is 1. The summed E-state index contributed by atoms with van der Waals surface area (Å²) in [5.74, 6) is -0.371. The molecule has 1 aromatic carbocycles. The van der Waals surface area contributed by atoms with Crippen LogP contribution in [-0.2, 0) is 9.53 Å². The lowest BCUT2D eigenvalue weighted by Gasteiger charge is -2.35. The molecule has 5 heteroatoms. The molecule has 1 aliphatic heterocycles. The number of primary amides is 1. The van der Waals surface area contributed by atoms with Crippen LogP contribution in [0.3, 0.4) is 0 Å². The van der Waals surface area contributed by atoms with E-state index >= 15 is 0 Å². The third-order valence-electron chi connectivity index (χ3n) is 3.05. The summed E-state index contributed by atoms with van der Waals surface area (Å²) >= 11 is 0. The van der Waals surface area contributed by atoms with Crippen molar-refractivity contribution in [3.8, 4) is 0 Å². The summed E-state index contributed by atoms with van der Waals surface area (Å²) in [6.07, 6.45) is 0. The van der Waals surface area contributed by atoms with Gasteiger partial charge in [0.15, 0.2) is 0 Å². The maximum absolute atomic E-state index is 11.4. The van der Waals surface area contributed by atoms with Gasteiger partial charge in [0.2, 0.25) is 5.91 Å². The van der Waals surface area contributed by atoms with Crippen molar-refractivity contribution in [2.75, 3.05) is 30.4 Å². The van der Waals surface area contributed by atoms with E-state index in [1.165, 1.54) is 0 Å². The highest BCUT2D eigenvalue weighted by Crippen LogP contribution is 2.24. The number of nitrogens with zero attached hydrogens (tertiary/aromatic N) is 1. The second kappa shape index (κ2) is 4.63. The van der Waals surface area contributed by atoms with Crippen LogP contribution in [0.4, 0.5) is 11.4 Å². The molecule has 0 aromatic heterocycles. The molecule has 4 N–H and O–H groups in total. The quantitative estimate of drug-likeness (QED) is 0.721. The molecule has 92 valence electrons. The minimum atomic E-state index is -0.411. The van der Waals surface area contributed by atoms with E-state index in [1.807, 2.05) is 30.0 Å². The fourth-order valence-corrected chi connectivity index (χ4v) is 1.95. The van der Waals surface area contributed by atoms with Crippen LogP contribution in [0.25, 0.3) is 0 Å². The van der Waals surface area contributed by atoms with Crippen molar-refractivity contribution in [1.82, 2.24) is 0 Å². The van der Waals surface area contributed by atoms with Gasteiger partial charge in [0.05, 0.1) is 13.2 Å². The number of carbonyl (C=O) groups is 1. The zero-order valence-electron chi connectivity index (χ0n) is 9.85. The number of ether oxygens (including phenoxy) is 1. The Morgan fingerprint density at radius 2 is 2.29 bits per heavy atom. The lowest BCUT2D eigenvalue weighted by Crippen LogP contribution is -2.52. The number of nitrogen functional groups attached to an aromatic ring is 1. The van der Waals surface area contributed by atoms with Crippen molar-refractivity contribution >= 4 is 17.3 Å². The number of hydrogen-bond acceptors (Lipinski definition) is 4. The van der Waals surface area contributed by atoms with Crippen LogP contribution in [0.1, 0.15) is 5.56 Å². The molecule has 1 aliphatic rings. The van der Waals surface area contributed by atoms with E-state index in [0.717, 1.165) is 16.9 Å². The van der Waals surface area contributed by atoms with E-state index in [1.54, 1.807) is 0 Å². The van der Waals surface area contributed by atoms with Crippen molar-refractivity contribution in [2.45, 2.75) is 13.0 Å². The van der Waals surface area contributed by atoms with Gasteiger partial charge in [-0.2, -0.15) is 0 Å². The van der Waals surface area contributed by atoms with Gasteiger partial charge in [0, 0.05) is 17.9 Å². The Kier molecular flexibility index (Phi) is 3.19. The van der Waals surface area contributed by atoms with Gasteiger partial charge in [-0.15, -0.1) is 0 Å². The van der Waals surface area contributed by atoms with Gasteiger partial charge < -0.3 is 21.1 Å². The number of hydrogen-bond donors (Lipinski definition) is 2. The largest absolute Gasteiger partial charge is 0.398 e. The first-order valence-electron chi connectivity index (χ1n) is 5.59. The molecule has 1 heterocycles. The van der Waals surface area contributed by atoms with Crippen LogP contribution in [-0.4, -0.2) is 31.7 Å². The van der Waals surface area contributed by atoms with Crippen molar-refractivity contribution in [1.29, 1.82) is 0 Å². The fourth-order valence-electron chi connectivity index (χ4n) is 1.95. The van der Waals surface area contributed by atoms with E-state index in [2.05, 4.69) is 0 Å². The normalized spacial score (nSPS) is 20.3. The molecule has 1 aromatic rings. The van der Waals surface area contributed by atoms with Gasteiger partial charge in [0.25, 0.3) is 0 Å². The highest BCUT2D eigenvalue weighted by molar-refractivity contribution is 5.84. The van der Waals surface area contributed by atoms with Gasteiger partial charge in [-0.3, -0.25) is 4.79 Å².